The van der Waals surface area contributed by atoms with Crippen LogP contribution in [0.15, 0.2) is 78.9 Å². The highest BCUT2D eigenvalue weighted by molar-refractivity contribution is 5.85. The normalized spacial score (nSPS) is 11.6. The number of carboxylic acid groups (broad SMARTS) is 1. The molecule has 0 bridgehead atoms. The van der Waals surface area contributed by atoms with Gasteiger partial charge in [0.2, 0.25) is 5.91 Å². The maximum absolute atomic E-state index is 12.9. The second-order valence-electron chi connectivity index (χ2n) is 6.53. The van der Waals surface area contributed by atoms with Gasteiger partial charge in [-0.25, -0.2) is 9.18 Å². The fourth-order valence-electron chi connectivity index (χ4n) is 2.93. The molecule has 0 aliphatic heterocycles. The van der Waals surface area contributed by atoms with Crippen LogP contribution >= 0.6 is 0 Å². The molecule has 5 heteroatoms. The molecule has 0 aliphatic rings. The van der Waals surface area contributed by atoms with Crippen molar-refractivity contribution in [3.8, 4) is 11.1 Å². The second kappa shape index (κ2) is 8.95. The molecule has 142 valence electrons. The summed E-state index contributed by atoms with van der Waals surface area (Å²) in [7, 11) is 0. The number of rotatable bonds is 7. The first-order valence-electron chi connectivity index (χ1n) is 8.92. The predicted molar refractivity (Wildman–Crippen MR) is 105 cm³/mol. The molecule has 0 aliphatic carbocycles. The van der Waals surface area contributed by atoms with Crippen LogP contribution in [0.3, 0.4) is 0 Å². The number of halogens is 1. The van der Waals surface area contributed by atoms with Gasteiger partial charge in [-0.3, -0.25) is 4.79 Å². The van der Waals surface area contributed by atoms with Gasteiger partial charge < -0.3 is 10.4 Å². The van der Waals surface area contributed by atoms with Crippen molar-refractivity contribution in [2.45, 2.75) is 18.9 Å². The molecule has 4 nitrogen and oxygen atoms in total. The third kappa shape index (κ3) is 5.27. The van der Waals surface area contributed by atoms with Gasteiger partial charge in [0.25, 0.3) is 0 Å². The molecule has 0 saturated heterocycles. The van der Waals surface area contributed by atoms with Crippen LogP contribution in [-0.2, 0) is 22.4 Å². The summed E-state index contributed by atoms with van der Waals surface area (Å²) in [5.74, 6) is -1.90. The molecular weight excluding hydrogens is 357 g/mol. The number of carboxylic acids is 1. The minimum absolute atomic E-state index is 0.00297. The Morgan fingerprint density at radius 1 is 0.821 bits per heavy atom. The lowest BCUT2D eigenvalue weighted by molar-refractivity contribution is -0.141. The van der Waals surface area contributed by atoms with E-state index in [-0.39, 0.29) is 18.7 Å². The van der Waals surface area contributed by atoms with Crippen molar-refractivity contribution in [3.63, 3.8) is 0 Å². The first kappa shape index (κ1) is 19.3. The van der Waals surface area contributed by atoms with Crippen LogP contribution in [0.4, 0.5) is 4.39 Å². The first-order valence-corrected chi connectivity index (χ1v) is 8.92. The largest absolute Gasteiger partial charge is 0.480 e. The Kier molecular flexibility index (Phi) is 6.17. The number of aliphatic carboxylic acids is 1. The average molecular weight is 377 g/mol. The van der Waals surface area contributed by atoms with E-state index in [1.165, 1.54) is 24.3 Å². The zero-order chi connectivity index (χ0) is 19.9. The van der Waals surface area contributed by atoms with E-state index in [0.717, 1.165) is 16.7 Å². The predicted octanol–water partition coefficient (Wildman–Crippen LogP) is 3.85. The minimum atomic E-state index is -1.10. The van der Waals surface area contributed by atoms with Gasteiger partial charge in [0.15, 0.2) is 0 Å². The van der Waals surface area contributed by atoms with E-state index in [0.29, 0.717) is 5.56 Å². The number of nitrogens with one attached hydrogen (secondary N) is 1. The third-order valence-corrected chi connectivity index (χ3v) is 4.41. The molecule has 3 rings (SSSR count). The molecule has 3 aromatic rings. The van der Waals surface area contributed by atoms with E-state index in [2.05, 4.69) is 5.32 Å². The molecule has 28 heavy (non-hydrogen) atoms. The van der Waals surface area contributed by atoms with E-state index < -0.39 is 17.9 Å². The Hall–Kier alpha value is -3.47. The summed E-state index contributed by atoms with van der Waals surface area (Å²) in [6.07, 6.45) is 0.177. The molecule has 1 amide bonds. The number of carbonyl (C=O) groups excluding carboxylic acids is 1. The Bertz CT molecular complexity index is 938. The maximum Gasteiger partial charge on any atom is 0.326 e. The van der Waals surface area contributed by atoms with Gasteiger partial charge in [-0.15, -0.1) is 0 Å². The standard InChI is InChI=1S/C23H20FNO3/c24-20-12-8-17(9-13-20)15-22(26)25-21(23(27)28)14-16-6-10-19(11-7-16)18-4-2-1-3-5-18/h1-13,21H,14-15H2,(H,25,26)(H,27,28)/t21-/m0/s1. The van der Waals surface area contributed by atoms with E-state index in [9.17, 15) is 19.1 Å². The number of carbonyl (C=O) groups is 2. The lowest BCUT2D eigenvalue weighted by atomic mass is 10.0. The maximum atomic E-state index is 12.9. The Morgan fingerprint density at radius 3 is 2.00 bits per heavy atom. The van der Waals surface area contributed by atoms with Gasteiger partial charge in [-0.1, -0.05) is 66.7 Å². The molecule has 0 aromatic heterocycles. The average Bonchev–Trinajstić information content (AvgIpc) is 2.70. The lowest BCUT2D eigenvalue weighted by Crippen LogP contribution is -2.43. The summed E-state index contributed by atoms with van der Waals surface area (Å²) in [6.45, 7) is 0. The monoisotopic (exact) mass is 377 g/mol. The summed E-state index contributed by atoms with van der Waals surface area (Å²) < 4.78 is 12.9. The van der Waals surface area contributed by atoms with Crippen molar-refractivity contribution in [1.29, 1.82) is 0 Å². The smallest absolute Gasteiger partial charge is 0.326 e. The molecule has 0 spiro atoms. The Balaban J connectivity index is 1.63. The third-order valence-electron chi connectivity index (χ3n) is 4.41. The van der Waals surface area contributed by atoms with Crippen molar-refractivity contribution < 1.29 is 19.1 Å². The number of hydrogen-bond donors (Lipinski definition) is 2. The van der Waals surface area contributed by atoms with E-state index in [1.54, 1.807) is 0 Å². The van der Waals surface area contributed by atoms with Crippen molar-refractivity contribution in [2.24, 2.45) is 0 Å². The highest BCUT2D eigenvalue weighted by Crippen LogP contribution is 2.19. The van der Waals surface area contributed by atoms with Gasteiger partial charge in [0, 0.05) is 6.42 Å². The topological polar surface area (TPSA) is 66.4 Å². The summed E-state index contributed by atoms with van der Waals surface area (Å²) in [5.41, 5.74) is 3.55. The quantitative estimate of drug-likeness (QED) is 0.657. The zero-order valence-electron chi connectivity index (χ0n) is 15.1. The summed E-state index contributed by atoms with van der Waals surface area (Å²) in [5, 5.41) is 12.0. The van der Waals surface area contributed by atoms with E-state index in [1.807, 2.05) is 54.6 Å². The first-order chi connectivity index (χ1) is 13.5. The Morgan fingerprint density at radius 2 is 1.39 bits per heavy atom. The fraction of sp³-hybridized carbons (Fsp3) is 0.130. The lowest BCUT2D eigenvalue weighted by Gasteiger charge is -2.15. The van der Waals surface area contributed by atoms with Crippen LogP contribution < -0.4 is 5.32 Å². The number of benzene rings is 3. The highest BCUT2D eigenvalue weighted by atomic mass is 19.1. The fourth-order valence-corrected chi connectivity index (χ4v) is 2.93. The Labute approximate surface area is 162 Å². The molecular formula is C23H20FNO3. The van der Waals surface area contributed by atoms with Crippen LogP contribution in [0.25, 0.3) is 11.1 Å². The van der Waals surface area contributed by atoms with Crippen molar-refractivity contribution >= 4 is 11.9 Å². The molecule has 3 aromatic carbocycles. The molecule has 0 saturated carbocycles. The summed E-state index contributed by atoms with van der Waals surface area (Å²) in [4.78, 5) is 23.7. The van der Waals surface area contributed by atoms with Crippen LogP contribution in [-0.4, -0.2) is 23.0 Å². The molecule has 0 unspecified atom stereocenters. The van der Waals surface area contributed by atoms with Gasteiger partial charge in [0.1, 0.15) is 11.9 Å². The van der Waals surface area contributed by atoms with Gasteiger partial charge in [-0.2, -0.15) is 0 Å². The number of amides is 1. The van der Waals surface area contributed by atoms with Crippen LogP contribution in [0.2, 0.25) is 0 Å². The highest BCUT2D eigenvalue weighted by Gasteiger charge is 2.20. The molecule has 1 atom stereocenters. The zero-order valence-corrected chi connectivity index (χ0v) is 15.1. The van der Waals surface area contributed by atoms with Crippen LogP contribution in [0, 0.1) is 5.82 Å². The molecule has 2 N–H and O–H groups in total. The van der Waals surface area contributed by atoms with Crippen molar-refractivity contribution in [3.05, 3.63) is 95.8 Å². The van der Waals surface area contributed by atoms with E-state index in [4.69, 9.17) is 0 Å². The van der Waals surface area contributed by atoms with Crippen molar-refractivity contribution in [2.75, 3.05) is 0 Å². The number of hydrogen-bond acceptors (Lipinski definition) is 2. The van der Waals surface area contributed by atoms with Crippen LogP contribution in [0.5, 0.6) is 0 Å². The SMILES string of the molecule is O=C(Cc1ccc(F)cc1)N[C@@H](Cc1ccc(-c2ccccc2)cc1)C(=O)O. The van der Waals surface area contributed by atoms with Gasteiger partial charge in [0.05, 0.1) is 6.42 Å². The van der Waals surface area contributed by atoms with Gasteiger partial charge in [-0.05, 0) is 34.4 Å². The molecule has 0 radical (unpaired) electrons. The van der Waals surface area contributed by atoms with Crippen LogP contribution in [0.1, 0.15) is 11.1 Å². The molecule has 0 fully saturated rings. The molecule has 0 heterocycles. The van der Waals surface area contributed by atoms with Crippen molar-refractivity contribution in [1.82, 2.24) is 5.32 Å². The summed E-state index contributed by atoms with van der Waals surface area (Å²) in [6, 6.07) is 22.0. The van der Waals surface area contributed by atoms with E-state index >= 15 is 0 Å². The van der Waals surface area contributed by atoms with Gasteiger partial charge >= 0.3 is 5.97 Å². The summed E-state index contributed by atoms with van der Waals surface area (Å²) >= 11 is 0. The minimum Gasteiger partial charge on any atom is -0.480 e. The second-order valence-corrected chi connectivity index (χ2v) is 6.53.